The number of hydrogen-bond acceptors (Lipinski definition) is 8. The van der Waals surface area contributed by atoms with Crippen LogP contribution in [-0.4, -0.2) is 79.9 Å². The van der Waals surface area contributed by atoms with Crippen LogP contribution in [0.1, 0.15) is 36.9 Å². The SMILES string of the molecule is NC(=O)CCC(NC(=O)C(Cc1ccccc1)NC(=O)C(N)CCC(=O)O)C(=O)NC(Cc1cnc[nH]1)C(=O)O. The van der Waals surface area contributed by atoms with Crippen molar-refractivity contribution in [3.05, 3.63) is 54.1 Å². The standard InChI is InChI=1S/C25H33N7O8/c26-16(6-9-21(34)35)22(36)31-18(10-14-4-2-1-3-5-14)24(38)30-17(7-8-20(27)33)23(37)32-19(25(39)40)11-15-12-28-13-29-15/h1-5,12-13,16-19H,6-11,26H2,(H2,27,33)(H,28,29)(H,30,38)(H,31,36)(H,32,37)(H,34,35)(H,39,40). The number of carbonyl (C=O) groups is 6. The van der Waals surface area contributed by atoms with Crippen LogP contribution in [0.5, 0.6) is 0 Å². The highest BCUT2D eigenvalue weighted by Crippen LogP contribution is 2.08. The van der Waals surface area contributed by atoms with Crippen molar-refractivity contribution >= 4 is 35.6 Å². The zero-order valence-corrected chi connectivity index (χ0v) is 21.5. The highest BCUT2D eigenvalue weighted by atomic mass is 16.4. The summed E-state index contributed by atoms with van der Waals surface area (Å²) in [6.07, 6.45) is 1.54. The fraction of sp³-hybridized carbons (Fsp3) is 0.400. The summed E-state index contributed by atoms with van der Waals surface area (Å²) in [6, 6.07) is 3.41. The average Bonchev–Trinajstić information content (AvgIpc) is 3.42. The van der Waals surface area contributed by atoms with Gasteiger partial charge in [-0.3, -0.25) is 24.0 Å². The molecule has 0 bridgehead atoms. The Morgan fingerprint density at radius 2 is 1.45 bits per heavy atom. The van der Waals surface area contributed by atoms with E-state index in [-0.39, 0.29) is 38.5 Å². The Morgan fingerprint density at radius 3 is 2.02 bits per heavy atom. The zero-order chi connectivity index (χ0) is 29.7. The van der Waals surface area contributed by atoms with E-state index in [1.807, 2.05) is 0 Å². The third kappa shape index (κ3) is 10.9. The molecule has 10 N–H and O–H groups in total. The molecule has 4 atom stereocenters. The second kappa shape index (κ2) is 15.6. The summed E-state index contributed by atoms with van der Waals surface area (Å²) in [7, 11) is 0. The number of nitrogens with two attached hydrogens (primary N) is 2. The molecule has 40 heavy (non-hydrogen) atoms. The largest absolute Gasteiger partial charge is 0.481 e. The van der Waals surface area contributed by atoms with Gasteiger partial charge in [-0.15, -0.1) is 0 Å². The van der Waals surface area contributed by atoms with Gasteiger partial charge in [0.2, 0.25) is 23.6 Å². The molecule has 2 aromatic rings. The van der Waals surface area contributed by atoms with Gasteiger partial charge >= 0.3 is 11.9 Å². The average molecular weight is 560 g/mol. The van der Waals surface area contributed by atoms with Gasteiger partial charge in [0.15, 0.2) is 0 Å². The van der Waals surface area contributed by atoms with Crippen LogP contribution < -0.4 is 27.4 Å². The molecule has 0 saturated carbocycles. The Labute approximate surface area is 229 Å². The van der Waals surface area contributed by atoms with Crippen LogP contribution in [0.25, 0.3) is 0 Å². The van der Waals surface area contributed by atoms with Crippen LogP contribution in [0.4, 0.5) is 0 Å². The van der Waals surface area contributed by atoms with E-state index in [0.717, 1.165) is 0 Å². The summed E-state index contributed by atoms with van der Waals surface area (Å²) in [6.45, 7) is 0. The number of nitrogens with zero attached hydrogens (tertiary/aromatic N) is 1. The maximum atomic E-state index is 13.3. The lowest BCUT2D eigenvalue weighted by molar-refractivity contribution is -0.142. The molecular weight excluding hydrogens is 526 g/mol. The molecule has 1 heterocycles. The van der Waals surface area contributed by atoms with Gasteiger partial charge in [-0.1, -0.05) is 30.3 Å². The molecule has 0 saturated heterocycles. The molecular formula is C25H33N7O8. The Bertz CT molecular complexity index is 1170. The second-order valence-electron chi connectivity index (χ2n) is 9.04. The quantitative estimate of drug-likeness (QED) is 0.108. The highest BCUT2D eigenvalue weighted by Gasteiger charge is 2.31. The number of H-pyrrole nitrogens is 1. The van der Waals surface area contributed by atoms with Gasteiger partial charge in [0.05, 0.1) is 12.4 Å². The topological polar surface area (TPSA) is 260 Å². The molecule has 0 fully saturated rings. The molecule has 0 aliphatic rings. The molecule has 1 aromatic carbocycles. The van der Waals surface area contributed by atoms with Crippen molar-refractivity contribution in [1.29, 1.82) is 0 Å². The first kappa shape index (κ1) is 31.4. The first-order chi connectivity index (χ1) is 19.0. The van der Waals surface area contributed by atoms with Crippen LogP contribution in [0.15, 0.2) is 42.9 Å². The molecule has 2 rings (SSSR count). The Hall–Kier alpha value is -4.79. The summed E-state index contributed by atoms with van der Waals surface area (Å²) in [4.78, 5) is 79.6. The number of rotatable bonds is 17. The van der Waals surface area contributed by atoms with E-state index in [0.29, 0.717) is 11.3 Å². The van der Waals surface area contributed by atoms with Gasteiger partial charge in [-0.2, -0.15) is 0 Å². The van der Waals surface area contributed by atoms with Crippen molar-refractivity contribution < 1.29 is 39.0 Å². The number of carbonyl (C=O) groups excluding carboxylic acids is 4. The number of aromatic amines is 1. The van der Waals surface area contributed by atoms with E-state index in [1.54, 1.807) is 30.3 Å². The van der Waals surface area contributed by atoms with Crippen LogP contribution in [-0.2, 0) is 41.6 Å². The van der Waals surface area contributed by atoms with Crippen molar-refractivity contribution in [2.24, 2.45) is 11.5 Å². The molecule has 0 spiro atoms. The number of hydrogen-bond donors (Lipinski definition) is 8. The number of carboxylic acids is 2. The maximum Gasteiger partial charge on any atom is 0.326 e. The minimum absolute atomic E-state index is 0.00814. The van der Waals surface area contributed by atoms with E-state index >= 15 is 0 Å². The van der Waals surface area contributed by atoms with Crippen molar-refractivity contribution in [2.75, 3.05) is 0 Å². The van der Waals surface area contributed by atoms with Gasteiger partial charge in [0, 0.05) is 37.6 Å². The first-order valence-corrected chi connectivity index (χ1v) is 12.4. The second-order valence-corrected chi connectivity index (χ2v) is 9.04. The molecule has 0 aliphatic carbocycles. The maximum absolute atomic E-state index is 13.3. The fourth-order valence-electron chi connectivity index (χ4n) is 3.66. The number of nitrogens with one attached hydrogen (secondary N) is 4. The van der Waals surface area contributed by atoms with Crippen molar-refractivity contribution in [3.63, 3.8) is 0 Å². The van der Waals surface area contributed by atoms with Crippen molar-refractivity contribution in [2.45, 2.75) is 62.7 Å². The Balaban J connectivity index is 2.21. The number of primary amides is 1. The van der Waals surface area contributed by atoms with Crippen molar-refractivity contribution in [1.82, 2.24) is 25.9 Å². The predicted molar refractivity (Wildman–Crippen MR) is 139 cm³/mol. The van der Waals surface area contributed by atoms with Crippen LogP contribution in [0.3, 0.4) is 0 Å². The van der Waals surface area contributed by atoms with E-state index in [9.17, 15) is 33.9 Å². The van der Waals surface area contributed by atoms with Gasteiger partial charge in [0.1, 0.15) is 18.1 Å². The van der Waals surface area contributed by atoms with Crippen LogP contribution >= 0.6 is 0 Å². The van der Waals surface area contributed by atoms with Crippen LogP contribution in [0, 0.1) is 0 Å². The van der Waals surface area contributed by atoms with E-state index in [1.165, 1.54) is 12.5 Å². The van der Waals surface area contributed by atoms with E-state index in [4.69, 9.17) is 16.6 Å². The number of aromatic nitrogens is 2. The van der Waals surface area contributed by atoms with E-state index in [2.05, 4.69) is 25.9 Å². The number of benzene rings is 1. The fourth-order valence-corrected chi connectivity index (χ4v) is 3.66. The normalized spacial score (nSPS) is 13.7. The minimum Gasteiger partial charge on any atom is -0.481 e. The summed E-state index contributed by atoms with van der Waals surface area (Å²) < 4.78 is 0. The number of aliphatic carboxylic acids is 2. The van der Waals surface area contributed by atoms with Gasteiger partial charge in [0.25, 0.3) is 0 Å². The highest BCUT2D eigenvalue weighted by molar-refractivity contribution is 5.94. The monoisotopic (exact) mass is 559 g/mol. The van der Waals surface area contributed by atoms with Gasteiger partial charge in [-0.05, 0) is 18.4 Å². The molecule has 4 amide bonds. The third-order valence-electron chi connectivity index (χ3n) is 5.83. The molecule has 4 unspecified atom stereocenters. The molecule has 1 aromatic heterocycles. The van der Waals surface area contributed by atoms with Crippen molar-refractivity contribution in [3.8, 4) is 0 Å². The van der Waals surface area contributed by atoms with Gasteiger partial charge in [-0.25, -0.2) is 9.78 Å². The third-order valence-corrected chi connectivity index (χ3v) is 5.83. The molecule has 0 radical (unpaired) electrons. The minimum atomic E-state index is -1.38. The molecule has 15 heteroatoms. The number of amides is 4. The Kier molecular flexibility index (Phi) is 12.2. The molecule has 216 valence electrons. The number of imidazole rings is 1. The Morgan fingerprint density at radius 1 is 0.825 bits per heavy atom. The van der Waals surface area contributed by atoms with Gasteiger partial charge < -0.3 is 42.6 Å². The lowest BCUT2D eigenvalue weighted by Crippen LogP contribution is -2.58. The summed E-state index contributed by atoms with van der Waals surface area (Å²) in [5.74, 6) is -5.71. The lowest BCUT2D eigenvalue weighted by atomic mass is 10.0. The lowest BCUT2D eigenvalue weighted by Gasteiger charge is -2.25. The smallest absolute Gasteiger partial charge is 0.326 e. The zero-order valence-electron chi connectivity index (χ0n) is 21.5. The first-order valence-electron chi connectivity index (χ1n) is 12.4. The summed E-state index contributed by atoms with van der Waals surface area (Å²) >= 11 is 0. The molecule has 0 aliphatic heterocycles. The molecule has 15 nitrogen and oxygen atoms in total. The number of carboxylic acid groups (broad SMARTS) is 2. The van der Waals surface area contributed by atoms with E-state index < -0.39 is 59.7 Å². The predicted octanol–water partition coefficient (Wildman–Crippen LogP) is -1.81. The summed E-state index contributed by atoms with van der Waals surface area (Å²) in [5.41, 5.74) is 12.1. The van der Waals surface area contributed by atoms with Crippen LogP contribution in [0.2, 0.25) is 0 Å². The summed E-state index contributed by atoms with van der Waals surface area (Å²) in [5, 5.41) is 25.7.